The molecule has 0 aliphatic rings. The van der Waals surface area contributed by atoms with Crippen LogP contribution < -0.4 is 10.9 Å². The Labute approximate surface area is 151 Å². The molecule has 0 atom stereocenters. The van der Waals surface area contributed by atoms with Crippen LogP contribution in [0.4, 0.5) is 17.1 Å². The van der Waals surface area contributed by atoms with Crippen molar-refractivity contribution in [2.45, 2.75) is 6.54 Å². The van der Waals surface area contributed by atoms with E-state index in [0.717, 1.165) is 0 Å². The average molecular weight is 368 g/mol. The van der Waals surface area contributed by atoms with Crippen LogP contribution in [0.5, 0.6) is 0 Å². The summed E-state index contributed by atoms with van der Waals surface area (Å²) in [4.78, 5) is 45.0. The van der Waals surface area contributed by atoms with Crippen molar-refractivity contribution < 1.29 is 14.6 Å². The van der Waals surface area contributed by atoms with Gasteiger partial charge in [0.05, 0.1) is 15.4 Å². The van der Waals surface area contributed by atoms with Gasteiger partial charge in [-0.05, 0) is 18.2 Å². The molecule has 0 unspecified atom stereocenters. The molecule has 0 saturated carbocycles. The van der Waals surface area contributed by atoms with Crippen molar-refractivity contribution >= 4 is 33.9 Å². The quantitative estimate of drug-likeness (QED) is 0.542. The third-order valence-electron chi connectivity index (χ3n) is 3.83. The van der Waals surface area contributed by atoms with E-state index in [2.05, 4.69) is 5.32 Å². The summed E-state index contributed by atoms with van der Waals surface area (Å²) in [5, 5.41) is 24.6. The lowest BCUT2D eigenvalue weighted by Crippen LogP contribution is -2.27. The first-order valence-electron chi connectivity index (χ1n) is 7.67. The number of amides is 1. The predicted molar refractivity (Wildman–Crippen MR) is 96.6 cm³/mol. The number of carbonyl (C=O) groups is 1. The molecule has 27 heavy (non-hydrogen) atoms. The van der Waals surface area contributed by atoms with Crippen molar-refractivity contribution in [3.8, 4) is 0 Å². The topological polar surface area (TPSA) is 137 Å². The van der Waals surface area contributed by atoms with Crippen molar-refractivity contribution in [3.05, 3.63) is 85.2 Å². The van der Waals surface area contributed by atoms with Gasteiger partial charge < -0.3 is 5.32 Å². The number of aromatic nitrogens is 1. The number of anilines is 1. The van der Waals surface area contributed by atoms with Crippen LogP contribution in [0.1, 0.15) is 0 Å². The van der Waals surface area contributed by atoms with Gasteiger partial charge in [0.2, 0.25) is 5.91 Å². The summed E-state index contributed by atoms with van der Waals surface area (Å²) in [5.74, 6) is -0.566. The van der Waals surface area contributed by atoms with Gasteiger partial charge in [-0.15, -0.1) is 0 Å². The molecule has 2 aromatic carbocycles. The molecule has 3 rings (SSSR count). The van der Waals surface area contributed by atoms with Gasteiger partial charge in [-0.3, -0.25) is 34.4 Å². The minimum absolute atomic E-state index is 0.131. The van der Waals surface area contributed by atoms with Crippen LogP contribution in [0, 0.1) is 20.2 Å². The van der Waals surface area contributed by atoms with Crippen molar-refractivity contribution in [1.29, 1.82) is 0 Å². The Bertz CT molecular complexity index is 1140. The van der Waals surface area contributed by atoms with Gasteiger partial charge in [0.15, 0.2) is 0 Å². The number of benzene rings is 2. The summed E-state index contributed by atoms with van der Waals surface area (Å²) in [6, 6.07) is 12.0. The van der Waals surface area contributed by atoms with Crippen LogP contribution in [0.15, 0.2) is 59.4 Å². The van der Waals surface area contributed by atoms with Gasteiger partial charge in [-0.25, -0.2) is 0 Å². The first-order valence-corrected chi connectivity index (χ1v) is 7.67. The summed E-state index contributed by atoms with van der Waals surface area (Å²) >= 11 is 0. The summed E-state index contributed by atoms with van der Waals surface area (Å²) in [6.07, 6.45) is 0. The molecule has 3 aromatic rings. The third-order valence-corrected chi connectivity index (χ3v) is 3.83. The predicted octanol–water partition coefficient (Wildman–Crippen LogP) is 2.46. The van der Waals surface area contributed by atoms with Crippen molar-refractivity contribution in [3.63, 3.8) is 0 Å². The van der Waals surface area contributed by atoms with Gasteiger partial charge in [-0.2, -0.15) is 0 Å². The van der Waals surface area contributed by atoms with Gasteiger partial charge >= 0.3 is 0 Å². The Morgan fingerprint density at radius 2 is 1.67 bits per heavy atom. The van der Waals surface area contributed by atoms with Gasteiger partial charge in [0, 0.05) is 41.4 Å². The number of nitro benzene ring substituents is 2. The molecule has 10 nitrogen and oxygen atoms in total. The molecule has 136 valence electrons. The normalized spacial score (nSPS) is 10.5. The minimum atomic E-state index is -0.586. The number of rotatable bonds is 5. The molecule has 1 amide bonds. The number of nitrogens with one attached hydrogen (secondary N) is 1. The Kier molecular flexibility index (Phi) is 4.62. The largest absolute Gasteiger partial charge is 0.324 e. The zero-order valence-corrected chi connectivity index (χ0v) is 13.7. The Morgan fingerprint density at radius 3 is 2.37 bits per heavy atom. The number of nitrogens with zero attached hydrogens (tertiary/aromatic N) is 3. The summed E-state index contributed by atoms with van der Waals surface area (Å²) in [5.41, 5.74) is -0.179. The van der Waals surface area contributed by atoms with E-state index >= 15 is 0 Å². The maximum Gasteiger partial charge on any atom is 0.271 e. The highest BCUT2D eigenvalue weighted by Gasteiger charge is 2.13. The molecular weight excluding hydrogens is 356 g/mol. The smallest absolute Gasteiger partial charge is 0.271 e. The van der Waals surface area contributed by atoms with Crippen molar-refractivity contribution in [2.24, 2.45) is 0 Å². The highest BCUT2D eigenvalue weighted by molar-refractivity contribution is 5.92. The summed E-state index contributed by atoms with van der Waals surface area (Å²) in [6.45, 7) is -0.351. The zero-order valence-electron chi connectivity index (χ0n) is 13.7. The lowest BCUT2D eigenvalue weighted by atomic mass is 10.2. The van der Waals surface area contributed by atoms with E-state index < -0.39 is 21.3 Å². The monoisotopic (exact) mass is 368 g/mol. The summed E-state index contributed by atoms with van der Waals surface area (Å²) in [7, 11) is 0. The number of fused-ring (bicyclic) bond motifs is 1. The van der Waals surface area contributed by atoms with E-state index in [1.165, 1.54) is 59.2 Å². The molecule has 0 aliphatic carbocycles. The highest BCUT2D eigenvalue weighted by atomic mass is 16.6. The van der Waals surface area contributed by atoms with E-state index in [1.807, 2.05) is 0 Å². The van der Waals surface area contributed by atoms with Crippen LogP contribution in [0.3, 0.4) is 0 Å². The number of hydrogen-bond acceptors (Lipinski definition) is 6. The second-order valence-electron chi connectivity index (χ2n) is 5.61. The lowest BCUT2D eigenvalue weighted by molar-refractivity contribution is -0.384. The first kappa shape index (κ1) is 17.7. The van der Waals surface area contributed by atoms with Crippen molar-refractivity contribution in [2.75, 3.05) is 5.32 Å². The fraction of sp³-hybridized carbons (Fsp3) is 0.0588. The van der Waals surface area contributed by atoms with Crippen LogP contribution >= 0.6 is 0 Å². The average Bonchev–Trinajstić information content (AvgIpc) is 2.63. The second-order valence-corrected chi connectivity index (χ2v) is 5.61. The Balaban J connectivity index is 1.89. The standard InChI is InChI=1S/C17H12N4O6/c22-16(18-12-2-1-3-13(9-12)20(24)25)10-19-15-6-5-14(21(26)27)8-11(15)4-7-17(19)23/h1-9H,10H2,(H,18,22). The van der Waals surface area contributed by atoms with Crippen LogP contribution in [0.25, 0.3) is 10.9 Å². The fourth-order valence-electron chi connectivity index (χ4n) is 2.61. The first-order chi connectivity index (χ1) is 12.8. The number of nitro groups is 2. The highest BCUT2D eigenvalue weighted by Crippen LogP contribution is 2.20. The zero-order chi connectivity index (χ0) is 19.6. The fourth-order valence-corrected chi connectivity index (χ4v) is 2.61. The third kappa shape index (κ3) is 3.79. The van der Waals surface area contributed by atoms with E-state index in [4.69, 9.17) is 0 Å². The van der Waals surface area contributed by atoms with Crippen LogP contribution in [-0.2, 0) is 11.3 Å². The minimum Gasteiger partial charge on any atom is -0.324 e. The van der Waals surface area contributed by atoms with E-state index in [0.29, 0.717) is 10.9 Å². The molecule has 0 saturated heterocycles. The molecule has 0 radical (unpaired) electrons. The molecule has 0 aliphatic heterocycles. The molecule has 1 heterocycles. The molecule has 0 bridgehead atoms. The summed E-state index contributed by atoms with van der Waals surface area (Å²) < 4.78 is 1.17. The van der Waals surface area contributed by atoms with Gasteiger partial charge in [0.25, 0.3) is 16.9 Å². The molecular formula is C17H12N4O6. The Morgan fingerprint density at radius 1 is 0.963 bits per heavy atom. The molecule has 10 heteroatoms. The van der Waals surface area contributed by atoms with Gasteiger partial charge in [0.1, 0.15) is 6.54 Å². The maximum absolute atomic E-state index is 12.3. The van der Waals surface area contributed by atoms with Crippen molar-refractivity contribution in [1.82, 2.24) is 4.57 Å². The number of pyridine rings is 1. The Hall–Kier alpha value is -4.08. The van der Waals surface area contributed by atoms with Gasteiger partial charge in [-0.1, -0.05) is 6.07 Å². The maximum atomic E-state index is 12.3. The molecule has 0 fully saturated rings. The van der Waals surface area contributed by atoms with E-state index in [-0.39, 0.29) is 23.6 Å². The SMILES string of the molecule is O=C(Cn1c(=O)ccc2cc([N+](=O)[O-])ccc21)Nc1cccc([N+](=O)[O-])c1. The van der Waals surface area contributed by atoms with Crippen LogP contribution in [-0.4, -0.2) is 20.3 Å². The van der Waals surface area contributed by atoms with E-state index in [1.54, 1.807) is 0 Å². The lowest BCUT2D eigenvalue weighted by Gasteiger charge is -2.10. The molecule has 0 spiro atoms. The number of carbonyl (C=O) groups excluding carboxylic acids is 1. The molecule has 1 N–H and O–H groups in total. The molecule has 1 aromatic heterocycles. The number of non-ortho nitro benzene ring substituents is 2. The van der Waals surface area contributed by atoms with Crippen LogP contribution in [0.2, 0.25) is 0 Å². The number of hydrogen-bond donors (Lipinski definition) is 1. The van der Waals surface area contributed by atoms with E-state index in [9.17, 15) is 29.8 Å². The second kappa shape index (κ2) is 7.04.